The van der Waals surface area contributed by atoms with E-state index in [0.29, 0.717) is 11.3 Å². The van der Waals surface area contributed by atoms with Crippen LogP contribution in [-0.4, -0.2) is 45.7 Å². The molecule has 7 nitrogen and oxygen atoms in total. The molecule has 1 atom stereocenters. The van der Waals surface area contributed by atoms with Crippen molar-refractivity contribution in [2.45, 2.75) is 33.4 Å². The summed E-state index contributed by atoms with van der Waals surface area (Å²) >= 11 is 0. The molecule has 9 heteroatoms. The van der Waals surface area contributed by atoms with Crippen LogP contribution in [0.25, 0.3) is 5.69 Å². The number of rotatable bonds is 5. The van der Waals surface area contributed by atoms with Crippen LogP contribution < -0.4 is 4.74 Å². The number of imidazole rings is 1. The number of aliphatic hydroxyl groups excluding tert-OH is 1. The molecule has 0 aliphatic carbocycles. The fourth-order valence-electron chi connectivity index (χ4n) is 3.62. The molecule has 0 radical (unpaired) electrons. The summed E-state index contributed by atoms with van der Waals surface area (Å²) in [5, 5.41) is 13.6. The van der Waals surface area contributed by atoms with Gasteiger partial charge in [-0.05, 0) is 43.2 Å². The highest BCUT2D eigenvalue weighted by atomic mass is 19.1. The SMILES string of the molecule is CC.COc1cc(C#CC2=NOC(C)(c3cc(F)cc(F)c3)N2CCO)ccc1-n1cnc(C)c1. The Morgan fingerprint density at radius 3 is 2.43 bits per heavy atom. The second-order valence-corrected chi connectivity index (χ2v) is 7.58. The van der Waals surface area contributed by atoms with E-state index in [2.05, 4.69) is 22.0 Å². The number of oxime groups is 1. The molecule has 184 valence electrons. The minimum atomic E-state index is -1.32. The third kappa shape index (κ3) is 5.44. The van der Waals surface area contributed by atoms with Gasteiger partial charge in [0.25, 0.3) is 0 Å². The second kappa shape index (κ2) is 11.0. The van der Waals surface area contributed by atoms with Crippen molar-refractivity contribution in [1.82, 2.24) is 14.5 Å². The summed E-state index contributed by atoms with van der Waals surface area (Å²) in [4.78, 5) is 11.4. The van der Waals surface area contributed by atoms with Crippen LogP contribution in [0.2, 0.25) is 0 Å². The average Bonchev–Trinajstić information content (AvgIpc) is 3.42. The van der Waals surface area contributed by atoms with Gasteiger partial charge < -0.3 is 24.1 Å². The van der Waals surface area contributed by atoms with E-state index < -0.39 is 17.4 Å². The lowest BCUT2D eigenvalue weighted by Gasteiger charge is -2.33. The van der Waals surface area contributed by atoms with E-state index >= 15 is 0 Å². The predicted molar refractivity (Wildman–Crippen MR) is 129 cm³/mol. The van der Waals surface area contributed by atoms with Crippen LogP contribution in [0, 0.1) is 30.4 Å². The lowest BCUT2D eigenvalue weighted by atomic mass is 10.0. The number of aliphatic hydroxyl groups is 1. The first kappa shape index (κ1) is 25.7. The summed E-state index contributed by atoms with van der Waals surface area (Å²) in [6, 6.07) is 8.59. The Bertz CT molecular complexity index is 1260. The van der Waals surface area contributed by atoms with Crippen LogP contribution in [0.5, 0.6) is 5.75 Å². The zero-order chi connectivity index (χ0) is 25.6. The highest BCUT2D eigenvalue weighted by Crippen LogP contribution is 2.35. The lowest BCUT2D eigenvalue weighted by molar-refractivity contribution is -0.0935. The van der Waals surface area contributed by atoms with E-state index in [9.17, 15) is 13.9 Å². The van der Waals surface area contributed by atoms with E-state index in [1.54, 1.807) is 31.3 Å². The van der Waals surface area contributed by atoms with Crippen LogP contribution in [0.1, 0.15) is 37.6 Å². The van der Waals surface area contributed by atoms with Gasteiger partial charge in [0.15, 0.2) is 0 Å². The van der Waals surface area contributed by atoms with E-state index in [0.717, 1.165) is 17.4 Å². The van der Waals surface area contributed by atoms with Gasteiger partial charge in [0.2, 0.25) is 11.6 Å². The van der Waals surface area contributed by atoms with Gasteiger partial charge in [0, 0.05) is 36.9 Å². The number of aromatic nitrogens is 2. The lowest BCUT2D eigenvalue weighted by Crippen LogP contribution is -2.45. The van der Waals surface area contributed by atoms with Crippen LogP contribution in [0.3, 0.4) is 0 Å². The first-order valence-electron chi connectivity index (χ1n) is 11.2. The van der Waals surface area contributed by atoms with Crippen molar-refractivity contribution in [3.63, 3.8) is 0 Å². The molecule has 0 saturated carbocycles. The first-order chi connectivity index (χ1) is 16.8. The van der Waals surface area contributed by atoms with Crippen LogP contribution in [-0.2, 0) is 10.6 Å². The number of aryl methyl sites for hydroxylation is 1. The zero-order valence-electron chi connectivity index (χ0n) is 20.3. The molecule has 2 heterocycles. The average molecular weight is 483 g/mol. The monoisotopic (exact) mass is 482 g/mol. The van der Waals surface area contributed by atoms with E-state index in [1.165, 1.54) is 12.1 Å². The second-order valence-electron chi connectivity index (χ2n) is 7.58. The standard InChI is InChI=1S/C24H22F2N4O3.C2H6/c1-16-14-29(15-27-16)21-6-4-17(10-22(21)32-3)5-7-23-28-33-24(2,30(23)8-9-31)18-11-19(25)13-20(26)12-18;1-2/h4,6,10-15,31H,8-9H2,1-3H3;1-2H3. The molecule has 1 aromatic heterocycles. The quantitative estimate of drug-likeness (QED) is 0.548. The number of methoxy groups -OCH3 is 1. The smallest absolute Gasteiger partial charge is 0.235 e. The van der Waals surface area contributed by atoms with Gasteiger partial charge in [0.05, 0.1) is 31.4 Å². The maximum atomic E-state index is 13.8. The number of ether oxygens (including phenoxy) is 1. The Kier molecular flexibility index (Phi) is 8.10. The van der Waals surface area contributed by atoms with Gasteiger partial charge >= 0.3 is 0 Å². The summed E-state index contributed by atoms with van der Waals surface area (Å²) in [6.07, 6.45) is 3.59. The number of β-amino-alcohol motifs (C(OH)–C–C–N with tert-alkyl or cyclic N) is 1. The molecule has 1 aliphatic rings. The molecule has 35 heavy (non-hydrogen) atoms. The third-order valence-electron chi connectivity index (χ3n) is 5.29. The maximum absolute atomic E-state index is 13.8. The number of benzene rings is 2. The van der Waals surface area contributed by atoms with Crippen molar-refractivity contribution in [3.8, 4) is 23.3 Å². The predicted octanol–water partition coefficient (Wildman–Crippen LogP) is 4.36. The van der Waals surface area contributed by atoms with Gasteiger partial charge in [0.1, 0.15) is 17.4 Å². The van der Waals surface area contributed by atoms with E-state index in [1.807, 2.05) is 43.7 Å². The minimum Gasteiger partial charge on any atom is -0.495 e. The van der Waals surface area contributed by atoms with Crippen molar-refractivity contribution < 1.29 is 23.5 Å². The first-order valence-corrected chi connectivity index (χ1v) is 11.2. The Hall–Kier alpha value is -3.90. The summed E-state index contributed by atoms with van der Waals surface area (Å²) in [6.45, 7) is 7.38. The summed E-state index contributed by atoms with van der Waals surface area (Å²) < 4.78 is 35.0. The fourth-order valence-corrected chi connectivity index (χ4v) is 3.62. The summed E-state index contributed by atoms with van der Waals surface area (Å²) in [5.74, 6) is 5.30. The van der Waals surface area contributed by atoms with Crippen molar-refractivity contribution in [1.29, 1.82) is 0 Å². The Morgan fingerprint density at radius 2 is 1.83 bits per heavy atom. The van der Waals surface area contributed by atoms with Crippen molar-refractivity contribution in [2.75, 3.05) is 20.3 Å². The molecule has 0 amide bonds. The number of nitrogens with zero attached hydrogens (tertiary/aromatic N) is 4. The van der Waals surface area contributed by atoms with Gasteiger partial charge in [-0.25, -0.2) is 13.8 Å². The molecule has 1 unspecified atom stereocenters. The Morgan fingerprint density at radius 1 is 1.11 bits per heavy atom. The minimum absolute atomic E-state index is 0.102. The van der Waals surface area contributed by atoms with Gasteiger partial charge in [-0.3, -0.25) is 0 Å². The number of halogens is 2. The largest absolute Gasteiger partial charge is 0.495 e. The fraction of sp³-hybridized carbons (Fsp3) is 0.308. The highest BCUT2D eigenvalue weighted by molar-refractivity contribution is 5.99. The molecule has 2 aromatic carbocycles. The van der Waals surface area contributed by atoms with E-state index in [-0.39, 0.29) is 24.6 Å². The Labute approximate surface area is 203 Å². The van der Waals surface area contributed by atoms with Gasteiger partial charge in [-0.2, -0.15) is 0 Å². The van der Waals surface area contributed by atoms with Crippen molar-refractivity contribution in [2.24, 2.45) is 5.16 Å². The summed E-state index contributed by atoms with van der Waals surface area (Å²) in [7, 11) is 1.57. The third-order valence-corrected chi connectivity index (χ3v) is 5.29. The number of amidine groups is 1. The molecule has 3 aromatic rings. The number of hydrogen-bond acceptors (Lipinski definition) is 6. The normalized spacial score (nSPS) is 16.5. The molecule has 4 rings (SSSR count). The molecule has 0 spiro atoms. The molecule has 1 N–H and O–H groups in total. The molecule has 0 bridgehead atoms. The molecule has 0 fully saturated rings. The van der Waals surface area contributed by atoms with E-state index in [4.69, 9.17) is 9.57 Å². The van der Waals surface area contributed by atoms with Crippen molar-refractivity contribution in [3.05, 3.63) is 77.4 Å². The zero-order valence-corrected chi connectivity index (χ0v) is 20.3. The van der Waals surface area contributed by atoms with Gasteiger partial charge in [-0.1, -0.05) is 24.9 Å². The van der Waals surface area contributed by atoms with Crippen molar-refractivity contribution >= 4 is 5.84 Å². The number of hydrogen-bond donors (Lipinski definition) is 1. The molecule has 0 saturated heterocycles. The van der Waals surface area contributed by atoms with Crippen LogP contribution in [0.15, 0.2) is 54.1 Å². The molecular formula is C26H28F2N4O3. The van der Waals surface area contributed by atoms with Crippen LogP contribution in [0.4, 0.5) is 8.78 Å². The topological polar surface area (TPSA) is 72.1 Å². The molecule has 1 aliphatic heterocycles. The Balaban J connectivity index is 0.00000167. The van der Waals surface area contributed by atoms with Crippen LogP contribution >= 0.6 is 0 Å². The highest BCUT2D eigenvalue weighted by Gasteiger charge is 2.43. The molecular weight excluding hydrogens is 454 g/mol. The van der Waals surface area contributed by atoms with Gasteiger partial charge in [-0.15, -0.1) is 0 Å². The summed E-state index contributed by atoms with van der Waals surface area (Å²) in [5.41, 5.74) is 1.24. The maximum Gasteiger partial charge on any atom is 0.235 e.